The molecule has 2 aromatic carbocycles. The quantitative estimate of drug-likeness (QED) is 0.380. The van der Waals surface area contributed by atoms with E-state index in [1.807, 2.05) is 72.2 Å². The van der Waals surface area contributed by atoms with Gasteiger partial charge in [0, 0.05) is 11.4 Å². The molecular weight excluding hydrogens is 412 g/mol. The molecule has 0 aliphatic rings. The maximum atomic E-state index is 13.2. The predicted octanol–water partition coefficient (Wildman–Crippen LogP) is 4.50. The SMILES string of the molecule is COc1ccc(-n2cnnc2SCC(=O)N(Cc2ccco2)c2ccc(C)cc2)cc1. The minimum atomic E-state index is -0.0467. The fraction of sp³-hybridized carbons (Fsp3) is 0.174. The number of carbonyl (C=O) groups is 1. The lowest BCUT2D eigenvalue weighted by Crippen LogP contribution is -2.31. The first-order chi connectivity index (χ1) is 15.1. The Morgan fingerprint density at radius 3 is 2.58 bits per heavy atom. The van der Waals surface area contributed by atoms with E-state index in [0.717, 1.165) is 28.4 Å². The standard InChI is InChI=1S/C23H22N4O3S/c1-17-5-7-18(8-6-17)26(14-21-4-3-13-30-21)22(28)15-31-23-25-24-16-27(23)19-9-11-20(29-2)12-10-19/h3-13,16H,14-15H2,1-2H3. The molecule has 0 bridgehead atoms. The summed E-state index contributed by atoms with van der Waals surface area (Å²) >= 11 is 1.34. The van der Waals surface area contributed by atoms with Gasteiger partial charge in [-0.3, -0.25) is 9.36 Å². The molecule has 0 fully saturated rings. The number of rotatable bonds is 8. The molecule has 0 aliphatic carbocycles. The molecule has 0 atom stereocenters. The Hall–Kier alpha value is -3.52. The van der Waals surface area contributed by atoms with Crippen molar-refractivity contribution in [2.45, 2.75) is 18.6 Å². The number of hydrogen-bond acceptors (Lipinski definition) is 6. The number of anilines is 1. The first kappa shape index (κ1) is 20.7. The van der Waals surface area contributed by atoms with Gasteiger partial charge in [0.05, 0.1) is 25.7 Å². The van der Waals surface area contributed by atoms with Crippen LogP contribution in [0.3, 0.4) is 0 Å². The van der Waals surface area contributed by atoms with Crippen LogP contribution >= 0.6 is 11.8 Å². The van der Waals surface area contributed by atoms with Gasteiger partial charge in [0.25, 0.3) is 0 Å². The molecule has 0 aliphatic heterocycles. The van der Waals surface area contributed by atoms with Crippen molar-refractivity contribution in [2.24, 2.45) is 0 Å². The van der Waals surface area contributed by atoms with Crippen LogP contribution < -0.4 is 9.64 Å². The number of hydrogen-bond donors (Lipinski definition) is 0. The van der Waals surface area contributed by atoms with E-state index in [2.05, 4.69) is 10.2 Å². The van der Waals surface area contributed by atoms with Crippen LogP contribution in [0.2, 0.25) is 0 Å². The fourth-order valence-electron chi connectivity index (χ4n) is 3.05. The van der Waals surface area contributed by atoms with Crippen molar-refractivity contribution in [3.05, 3.63) is 84.6 Å². The van der Waals surface area contributed by atoms with Crippen molar-refractivity contribution in [3.63, 3.8) is 0 Å². The summed E-state index contributed by atoms with van der Waals surface area (Å²) in [4.78, 5) is 14.9. The molecule has 0 spiro atoms. The molecule has 0 unspecified atom stereocenters. The minimum absolute atomic E-state index is 0.0467. The van der Waals surface area contributed by atoms with Gasteiger partial charge >= 0.3 is 0 Å². The van der Waals surface area contributed by atoms with E-state index in [9.17, 15) is 4.79 Å². The molecule has 0 radical (unpaired) electrons. The lowest BCUT2D eigenvalue weighted by atomic mass is 10.2. The number of carbonyl (C=O) groups excluding carboxylic acids is 1. The average molecular weight is 435 g/mol. The molecule has 31 heavy (non-hydrogen) atoms. The Morgan fingerprint density at radius 1 is 1.13 bits per heavy atom. The molecule has 8 heteroatoms. The van der Waals surface area contributed by atoms with Crippen LogP contribution in [0.15, 0.2) is 82.8 Å². The summed E-state index contributed by atoms with van der Waals surface area (Å²) in [5.74, 6) is 1.66. The number of nitrogens with zero attached hydrogens (tertiary/aromatic N) is 4. The summed E-state index contributed by atoms with van der Waals surface area (Å²) in [5.41, 5.74) is 2.85. The second-order valence-electron chi connectivity index (χ2n) is 6.87. The van der Waals surface area contributed by atoms with E-state index in [1.54, 1.807) is 24.6 Å². The van der Waals surface area contributed by atoms with Crippen molar-refractivity contribution in [3.8, 4) is 11.4 Å². The molecule has 1 amide bonds. The number of furan rings is 1. The maximum absolute atomic E-state index is 13.2. The molecule has 2 heterocycles. The van der Waals surface area contributed by atoms with Gasteiger partial charge in [0.2, 0.25) is 5.91 Å². The number of aryl methyl sites for hydroxylation is 1. The average Bonchev–Trinajstić information content (AvgIpc) is 3.49. The molecule has 158 valence electrons. The van der Waals surface area contributed by atoms with Gasteiger partial charge in [0.15, 0.2) is 5.16 Å². The third kappa shape index (κ3) is 4.97. The van der Waals surface area contributed by atoms with E-state index < -0.39 is 0 Å². The maximum Gasteiger partial charge on any atom is 0.237 e. The topological polar surface area (TPSA) is 73.4 Å². The normalized spacial score (nSPS) is 10.8. The lowest BCUT2D eigenvalue weighted by molar-refractivity contribution is -0.116. The van der Waals surface area contributed by atoms with Gasteiger partial charge in [-0.25, -0.2) is 0 Å². The molecule has 0 N–H and O–H groups in total. The van der Waals surface area contributed by atoms with Crippen LogP contribution in [-0.2, 0) is 11.3 Å². The Morgan fingerprint density at radius 2 is 1.90 bits per heavy atom. The number of amides is 1. The van der Waals surface area contributed by atoms with Crippen molar-refractivity contribution in [1.29, 1.82) is 0 Å². The third-order valence-corrected chi connectivity index (χ3v) is 5.66. The molecule has 7 nitrogen and oxygen atoms in total. The van der Waals surface area contributed by atoms with Gasteiger partial charge in [-0.2, -0.15) is 0 Å². The second kappa shape index (κ2) is 9.53. The fourth-order valence-corrected chi connectivity index (χ4v) is 3.86. The number of benzene rings is 2. The smallest absolute Gasteiger partial charge is 0.237 e. The van der Waals surface area contributed by atoms with Crippen molar-refractivity contribution in [2.75, 3.05) is 17.8 Å². The number of ether oxygens (including phenoxy) is 1. The van der Waals surface area contributed by atoms with Crippen LogP contribution in [0, 0.1) is 6.92 Å². The van der Waals surface area contributed by atoms with Gasteiger partial charge < -0.3 is 14.1 Å². The molecule has 2 aromatic heterocycles. The van der Waals surface area contributed by atoms with Crippen LogP contribution in [0.4, 0.5) is 5.69 Å². The van der Waals surface area contributed by atoms with Gasteiger partial charge in [-0.05, 0) is 55.5 Å². The molecule has 0 saturated heterocycles. The highest BCUT2D eigenvalue weighted by atomic mass is 32.2. The van der Waals surface area contributed by atoms with Crippen LogP contribution in [0.5, 0.6) is 5.75 Å². The van der Waals surface area contributed by atoms with Gasteiger partial charge in [-0.15, -0.1) is 10.2 Å². The van der Waals surface area contributed by atoms with E-state index >= 15 is 0 Å². The summed E-state index contributed by atoms with van der Waals surface area (Å²) in [6.07, 6.45) is 3.24. The zero-order valence-electron chi connectivity index (χ0n) is 17.3. The van der Waals surface area contributed by atoms with Gasteiger partial charge in [0.1, 0.15) is 17.8 Å². The highest BCUT2D eigenvalue weighted by molar-refractivity contribution is 7.99. The van der Waals surface area contributed by atoms with Crippen molar-refractivity contribution >= 4 is 23.4 Å². The van der Waals surface area contributed by atoms with Crippen molar-refractivity contribution < 1.29 is 13.9 Å². The monoisotopic (exact) mass is 434 g/mol. The summed E-state index contributed by atoms with van der Waals surface area (Å²) in [6.45, 7) is 2.38. The molecule has 0 saturated carbocycles. The molecule has 4 aromatic rings. The first-order valence-electron chi connectivity index (χ1n) is 9.70. The third-order valence-electron chi connectivity index (χ3n) is 4.73. The number of methoxy groups -OCH3 is 1. The number of aromatic nitrogens is 3. The van der Waals surface area contributed by atoms with Crippen molar-refractivity contribution in [1.82, 2.24) is 14.8 Å². The second-order valence-corrected chi connectivity index (χ2v) is 7.81. The first-order valence-corrected chi connectivity index (χ1v) is 10.7. The summed E-state index contributed by atoms with van der Waals surface area (Å²) in [6, 6.07) is 19.1. The molecular formula is C23H22N4O3S. The van der Waals surface area contributed by atoms with Crippen LogP contribution in [0.25, 0.3) is 5.69 Å². The summed E-state index contributed by atoms with van der Waals surface area (Å²) in [7, 11) is 1.63. The Balaban J connectivity index is 1.50. The summed E-state index contributed by atoms with van der Waals surface area (Å²) in [5, 5.41) is 8.83. The highest BCUT2D eigenvalue weighted by Crippen LogP contribution is 2.24. The lowest BCUT2D eigenvalue weighted by Gasteiger charge is -2.22. The highest BCUT2D eigenvalue weighted by Gasteiger charge is 2.19. The number of thioether (sulfide) groups is 1. The van der Waals surface area contributed by atoms with E-state index in [0.29, 0.717) is 11.7 Å². The zero-order chi connectivity index (χ0) is 21.6. The Labute approximate surface area is 184 Å². The Kier molecular flexibility index (Phi) is 6.37. The summed E-state index contributed by atoms with van der Waals surface area (Å²) < 4.78 is 12.5. The zero-order valence-corrected chi connectivity index (χ0v) is 18.1. The predicted molar refractivity (Wildman–Crippen MR) is 120 cm³/mol. The molecule has 4 rings (SSSR count). The van der Waals surface area contributed by atoms with Gasteiger partial charge in [-0.1, -0.05) is 29.5 Å². The van der Waals surface area contributed by atoms with E-state index in [-0.39, 0.29) is 11.7 Å². The Bertz CT molecular complexity index is 1120. The van der Waals surface area contributed by atoms with Crippen LogP contribution in [0.1, 0.15) is 11.3 Å². The van der Waals surface area contributed by atoms with E-state index in [4.69, 9.17) is 9.15 Å². The van der Waals surface area contributed by atoms with Crippen LogP contribution in [-0.4, -0.2) is 33.5 Å². The van der Waals surface area contributed by atoms with E-state index in [1.165, 1.54) is 11.8 Å². The minimum Gasteiger partial charge on any atom is -0.497 e. The largest absolute Gasteiger partial charge is 0.497 e.